The molecule has 1 fully saturated rings. The van der Waals surface area contributed by atoms with E-state index >= 15 is 0 Å². The monoisotopic (exact) mass is 369 g/mol. The number of halogens is 1. The summed E-state index contributed by atoms with van der Waals surface area (Å²) in [7, 11) is -3.03. The normalized spacial score (nSPS) is 18.7. The number of nitrogens with one attached hydrogen (secondary N) is 1. The number of sulfone groups is 1. The van der Waals surface area contributed by atoms with Gasteiger partial charge in [-0.15, -0.1) is 12.4 Å². The Labute approximate surface area is 144 Å². The molecule has 1 aliphatic heterocycles. The van der Waals surface area contributed by atoms with Gasteiger partial charge in [0.1, 0.15) is 6.04 Å². The molecule has 1 atom stereocenters. The van der Waals surface area contributed by atoms with Crippen molar-refractivity contribution in [3.8, 4) is 0 Å². The third kappa shape index (κ3) is 5.32. The molecule has 0 aromatic carbocycles. The summed E-state index contributed by atoms with van der Waals surface area (Å²) in [5, 5.41) is 2.73. The van der Waals surface area contributed by atoms with Gasteiger partial charge in [0.25, 0.3) is 0 Å². The van der Waals surface area contributed by atoms with Gasteiger partial charge in [-0.1, -0.05) is 13.8 Å². The van der Waals surface area contributed by atoms with Crippen LogP contribution < -0.4 is 11.1 Å². The predicted molar refractivity (Wildman–Crippen MR) is 92.2 cm³/mol. The van der Waals surface area contributed by atoms with E-state index in [1.807, 2.05) is 13.8 Å². The molecule has 0 spiro atoms. The standard InChI is InChI=1S/C14H27N3O4S.ClH/c1-4-14(5-2,10-15)13(19)16-11(3)12(18)17-6-8-22(20,21)9-7-17;/h11H,4-10,15H2,1-3H3,(H,16,19);1H. The zero-order chi connectivity index (χ0) is 17.0. The summed E-state index contributed by atoms with van der Waals surface area (Å²) in [6.45, 7) is 6.02. The number of hydrogen-bond acceptors (Lipinski definition) is 5. The summed E-state index contributed by atoms with van der Waals surface area (Å²) in [6, 6.07) is -0.683. The summed E-state index contributed by atoms with van der Waals surface area (Å²) in [6.07, 6.45) is 1.21. The molecule has 0 aromatic heterocycles. The van der Waals surface area contributed by atoms with Gasteiger partial charge in [-0.2, -0.15) is 0 Å². The van der Waals surface area contributed by atoms with Crippen molar-refractivity contribution in [2.75, 3.05) is 31.1 Å². The predicted octanol–water partition coefficient (Wildman–Crippen LogP) is -0.0650. The Hall–Kier alpha value is -0.860. The van der Waals surface area contributed by atoms with Crippen LogP contribution in [0.4, 0.5) is 0 Å². The van der Waals surface area contributed by atoms with Crippen molar-refractivity contribution in [2.24, 2.45) is 11.1 Å². The Morgan fingerprint density at radius 1 is 1.22 bits per heavy atom. The fraction of sp³-hybridized carbons (Fsp3) is 0.857. The summed E-state index contributed by atoms with van der Waals surface area (Å²) in [5.74, 6) is -0.501. The second kappa shape index (κ2) is 8.84. The molecule has 1 rings (SSSR count). The Bertz CT molecular complexity index is 498. The van der Waals surface area contributed by atoms with Crippen LogP contribution in [0.15, 0.2) is 0 Å². The van der Waals surface area contributed by atoms with Gasteiger partial charge in [0.05, 0.1) is 16.9 Å². The maximum absolute atomic E-state index is 12.4. The minimum absolute atomic E-state index is 0. The van der Waals surface area contributed by atoms with Gasteiger partial charge >= 0.3 is 0 Å². The first-order chi connectivity index (χ1) is 10.2. The molecule has 1 saturated heterocycles. The Balaban J connectivity index is 0.00000484. The number of hydrogen-bond donors (Lipinski definition) is 2. The van der Waals surface area contributed by atoms with Gasteiger partial charge in [-0.25, -0.2) is 8.42 Å². The van der Waals surface area contributed by atoms with Crippen LogP contribution >= 0.6 is 12.4 Å². The summed E-state index contributed by atoms with van der Waals surface area (Å²) in [5.41, 5.74) is 5.08. The minimum atomic E-state index is -3.03. The highest BCUT2D eigenvalue weighted by molar-refractivity contribution is 7.91. The van der Waals surface area contributed by atoms with Crippen molar-refractivity contribution in [1.82, 2.24) is 10.2 Å². The van der Waals surface area contributed by atoms with Crippen molar-refractivity contribution < 1.29 is 18.0 Å². The molecule has 0 aliphatic carbocycles. The van der Waals surface area contributed by atoms with E-state index in [0.717, 1.165) is 0 Å². The average molecular weight is 370 g/mol. The van der Waals surface area contributed by atoms with Crippen LogP contribution in [0.2, 0.25) is 0 Å². The highest BCUT2D eigenvalue weighted by Gasteiger charge is 2.36. The lowest BCUT2D eigenvalue weighted by Crippen LogP contribution is -2.55. The van der Waals surface area contributed by atoms with Gasteiger partial charge in [0, 0.05) is 19.6 Å². The largest absolute Gasteiger partial charge is 0.344 e. The van der Waals surface area contributed by atoms with E-state index in [1.165, 1.54) is 4.90 Å². The average Bonchev–Trinajstić information content (AvgIpc) is 2.49. The summed E-state index contributed by atoms with van der Waals surface area (Å²) < 4.78 is 22.8. The molecule has 2 amide bonds. The second-order valence-electron chi connectivity index (χ2n) is 5.86. The van der Waals surface area contributed by atoms with E-state index in [9.17, 15) is 18.0 Å². The number of nitrogens with zero attached hydrogens (tertiary/aromatic N) is 1. The maximum atomic E-state index is 12.4. The topological polar surface area (TPSA) is 110 Å². The van der Waals surface area contributed by atoms with Gasteiger partial charge in [0.15, 0.2) is 9.84 Å². The molecule has 7 nitrogen and oxygen atoms in total. The Kier molecular flexibility index (Phi) is 8.51. The van der Waals surface area contributed by atoms with E-state index in [1.54, 1.807) is 6.92 Å². The lowest BCUT2D eigenvalue weighted by atomic mass is 9.81. The van der Waals surface area contributed by atoms with Gasteiger partial charge in [0.2, 0.25) is 11.8 Å². The molecule has 0 radical (unpaired) electrons. The highest BCUT2D eigenvalue weighted by Crippen LogP contribution is 2.25. The van der Waals surface area contributed by atoms with Crippen LogP contribution in [-0.4, -0.2) is 62.3 Å². The minimum Gasteiger partial charge on any atom is -0.344 e. The van der Waals surface area contributed by atoms with Crippen molar-refractivity contribution in [3.63, 3.8) is 0 Å². The molecular formula is C14H28ClN3O4S. The van der Waals surface area contributed by atoms with Crippen molar-refractivity contribution in [3.05, 3.63) is 0 Å². The third-order valence-electron chi connectivity index (χ3n) is 4.60. The zero-order valence-electron chi connectivity index (χ0n) is 14.0. The smallest absolute Gasteiger partial charge is 0.244 e. The lowest BCUT2D eigenvalue weighted by molar-refractivity contribution is -0.139. The molecule has 9 heteroatoms. The lowest BCUT2D eigenvalue weighted by Gasteiger charge is -2.33. The first kappa shape index (κ1) is 22.1. The number of rotatable bonds is 6. The Morgan fingerprint density at radius 2 is 1.70 bits per heavy atom. The zero-order valence-corrected chi connectivity index (χ0v) is 15.6. The van der Waals surface area contributed by atoms with Gasteiger partial charge in [-0.05, 0) is 19.8 Å². The van der Waals surface area contributed by atoms with Crippen molar-refractivity contribution in [1.29, 1.82) is 0 Å². The summed E-state index contributed by atoms with van der Waals surface area (Å²) >= 11 is 0. The molecule has 0 aromatic rings. The molecule has 136 valence electrons. The number of amides is 2. The number of carbonyl (C=O) groups is 2. The van der Waals surface area contributed by atoms with Crippen LogP contribution in [0.25, 0.3) is 0 Å². The number of nitrogens with two attached hydrogens (primary N) is 1. The van der Waals surface area contributed by atoms with E-state index in [0.29, 0.717) is 12.8 Å². The maximum Gasteiger partial charge on any atom is 0.244 e. The first-order valence-corrected chi connectivity index (χ1v) is 9.53. The van der Waals surface area contributed by atoms with Crippen molar-refractivity contribution in [2.45, 2.75) is 39.7 Å². The van der Waals surface area contributed by atoms with E-state index < -0.39 is 21.3 Å². The highest BCUT2D eigenvalue weighted by atomic mass is 35.5. The molecule has 3 N–H and O–H groups in total. The van der Waals surface area contributed by atoms with E-state index in [4.69, 9.17) is 5.73 Å². The van der Waals surface area contributed by atoms with Gasteiger partial charge < -0.3 is 16.0 Å². The molecular weight excluding hydrogens is 342 g/mol. The quantitative estimate of drug-likeness (QED) is 0.681. The van der Waals surface area contributed by atoms with Crippen LogP contribution in [0.1, 0.15) is 33.6 Å². The number of carbonyl (C=O) groups excluding carboxylic acids is 2. The summed E-state index contributed by atoms with van der Waals surface area (Å²) in [4.78, 5) is 26.2. The fourth-order valence-corrected chi connectivity index (χ4v) is 3.77. The second-order valence-corrected chi connectivity index (χ2v) is 8.17. The molecule has 0 saturated carbocycles. The molecule has 0 bridgehead atoms. The molecule has 1 unspecified atom stereocenters. The molecule has 1 heterocycles. The van der Waals surface area contributed by atoms with E-state index in [-0.39, 0.29) is 55.4 Å². The van der Waals surface area contributed by atoms with E-state index in [2.05, 4.69) is 5.32 Å². The van der Waals surface area contributed by atoms with Crippen LogP contribution in [0.3, 0.4) is 0 Å². The third-order valence-corrected chi connectivity index (χ3v) is 6.21. The Morgan fingerprint density at radius 3 is 2.09 bits per heavy atom. The van der Waals surface area contributed by atoms with Crippen LogP contribution in [0, 0.1) is 5.41 Å². The molecule has 23 heavy (non-hydrogen) atoms. The molecule has 1 aliphatic rings. The van der Waals surface area contributed by atoms with Gasteiger partial charge in [-0.3, -0.25) is 9.59 Å². The van der Waals surface area contributed by atoms with Crippen LogP contribution in [0.5, 0.6) is 0 Å². The SMILES string of the molecule is CCC(CC)(CN)C(=O)NC(C)C(=O)N1CCS(=O)(=O)CC1.Cl. The first-order valence-electron chi connectivity index (χ1n) is 7.71. The van der Waals surface area contributed by atoms with Crippen LogP contribution in [-0.2, 0) is 19.4 Å². The fourth-order valence-electron chi connectivity index (χ4n) is 2.57. The van der Waals surface area contributed by atoms with Crippen molar-refractivity contribution >= 4 is 34.1 Å².